The molecule has 3 heterocycles. The van der Waals surface area contributed by atoms with Crippen LogP contribution in [0.3, 0.4) is 0 Å². The lowest BCUT2D eigenvalue weighted by molar-refractivity contribution is 0.0582. The quantitative estimate of drug-likeness (QED) is 0.620. The highest BCUT2D eigenvalue weighted by molar-refractivity contribution is 7.71. The predicted octanol–water partition coefficient (Wildman–Crippen LogP) is 3.44. The monoisotopic (exact) mass is 394 g/mol. The predicted molar refractivity (Wildman–Crippen MR) is 113 cm³/mol. The van der Waals surface area contributed by atoms with Gasteiger partial charge in [-0.2, -0.15) is 5.10 Å². The Labute approximate surface area is 171 Å². The molecule has 7 heteroatoms. The third-order valence-corrected chi connectivity index (χ3v) is 5.80. The number of nitrogens with zero attached hydrogens (tertiary/aromatic N) is 6. The maximum Gasteiger partial charge on any atom is 0.199 e. The molecule has 0 bridgehead atoms. The second-order valence-electron chi connectivity index (χ2n) is 7.23. The number of aromatic nitrogens is 4. The molecule has 0 radical (unpaired) electrons. The van der Waals surface area contributed by atoms with Crippen molar-refractivity contribution in [3.05, 3.63) is 65.2 Å². The Bertz CT molecular complexity index is 966. The van der Waals surface area contributed by atoms with Crippen LogP contribution < -0.4 is 0 Å². The van der Waals surface area contributed by atoms with Crippen LogP contribution in [0.25, 0.3) is 11.4 Å². The van der Waals surface area contributed by atoms with Gasteiger partial charge in [0, 0.05) is 50.2 Å². The summed E-state index contributed by atoms with van der Waals surface area (Å²) in [6.45, 7) is 6.63. The SMILES string of the molecule is CCn1c(-c2ccncc2)nn(CN2CCN(C)CC2c2ccccc2)c1=S. The van der Waals surface area contributed by atoms with Crippen molar-refractivity contribution in [2.75, 3.05) is 26.7 Å². The van der Waals surface area contributed by atoms with Crippen LogP contribution in [0, 0.1) is 4.77 Å². The van der Waals surface area contributed by atoms with Crippen LogP contribution in [0.1, 0.15) is 18.5 Å². The first kappa shape index (κ1) is 19.0. The van der Waals surface area contributed by atoms with Gasteiger partial charge >= 0.3 is 0 Å². The summed E-state index contributed by atoms with van der Waals surface area (Å²) in [4.78, 5) is 8.99. The molecule has 0 spiro atoms. The van der Waals surface area contributed by atoms with E-state index >= 15 is 0 Å². The van der Waals surface area contributed by atoms with Gasteiger partial charge in [-0.3, -0.25) is 9.88 Å². The first-order valence-electron chi connectivity index (χ1n) is 9.73. The lowest BCUT2D eigenvalue weighted by Gasteiger charge is -2.40. The molecule has 146 valence electrons. The molecule has 0 N–H and O–H groups in total. The van der Waals surface area contributed by atoms with E-state index in [1.165, 1.54) is 5.56 Å². The Morgan fingerprint density at radius 2 is 1.82 bits per heavy atom. The van der Waals surface area contributed by atoms with Gasteiger partial charge in [0.15, 0.2) is 10.6 Å². The average molecular weight is 395 g/mol. The van der Waals surface area contributed by atoms with Crippen LogP contribution in [0.4, 0.5) is 0 Å². The molecule has 1 atom stereocenters. The van der Waals surface area contributed by atoms with Crippen molar-refractivity contribution in [1.82, 2.24) is 29.1 Å². The van der Waals surface area contributed by atoms with Gasteiger partial charge in [-0.1, -0.05) is 30.3 Å². The second-order valence-corrected chi connectivity index (χ2v) is 7.59. The number of rotatable bonds is 5. The van der Waals surface area contributed by atoms with Crippen LogP contribution in [-0.4, -0.2) is 55.8 Å². The van der Waals surface area contributed by atoms with Crippen molar-refractivity contribution >= 4 is 12.2 Å². The number of hydrogen-bond acceptors (Lipinski definition) is 5. The normalized spacial score (nSPS) is 18.4. The molecule has 0 aliphatic carbocycles. The van der Waals surface area contributed by atoms with Crippen LogP contribution in [0.2, 0.25) is 0 Å². The van der Waals surface area contributed by atoms with Gasteiger partial charge in [-0.05, 0) is 43.9 Å². The zero-order valence-corrected chi connectivity index (χ0v) is 17.2. The van der Waals surface area contributed by atoms with E-state index in [0.717, 1.165) is 42.3 Å². The third kappa shape index (κ3) is 3.78. The summed E-state index contributed by atoms with van der Waals surface area (Å²) in [6.07, 6.45) is 3.59. The fourth-order valence-electron chi connectivity index (χ4n) is 3.82. The highest BCUT2D eigenvalue weighted by Crippen LogP contribution is 2.26. The third-order valence-electron chi connectivity index (χ3n) is 5.37. The van der Waals surface area contributed by atoms with E-state index in [-0.39, 0.29) is 0 Å². The van der Waals surface area contributed by atoms with Gasteiger partial charge < -0.3 is 9.47 Å². The summed E-state index contributed by atoms with van der Waals surface area (Å²) in [5, 5.41) is 4.88. The maximum absolute atomic E-state index is 5.77. The van der Waals surface area contributed by atoms with Gasteiger partial charge in [0.25, 0.3) is 0 Å². The zero-order valence-electron chi connectivity index (χ0n) is 16.4. The molecule has 1 fully saturated rings. The summed E-state index contributed by atoms with van der Waals surface area (Å²) in [5.74, 6) is 0.903. The molecule has 1 unspecified atom stereocenters. The van der Waals surface area contributed by atoms with E-state index in [4.69, 9.17) is 17.3 Å². The smallest absolute Gasteiger partial charge is 0.199 e. The second kappa shape index (κ2) is 8.34. The van der Waals surface area contributed by atoms with E-state index in [2.05, 4.69) is 63.7 Å². The van der Waals surface area contributed by atoms with Crippen LogP contribution >= 0.6 is 12.2 Å². The first-order valence-corrected chi connectivity index (χ1v) is 10.1. The molecule has 2 aromatic heterocycles. The highest BCUT2D eigenvalue weighted by atomic mass is 32.1. The fraction of sp³-hybridized carbons (Fsp3) is 0.381. The largest absolute Gasteiger partial charge is 0.303 e. The van der Waals surface area contributed by atoms with Gasteiger partial charge in [-0.25, -0.2) is 4.68 Å². The summed E-state index contributed by atoms with van der Waals surface area (Å²) in [7, 11) is 2.19. The van der Waals surface area contributed by atoms with Crippen molar-refractivity contribution in [2.24, 2.45) is 0 Å². The highest BCUT2D eigenvalue weighted by Gasteiger charge is 2.27. The molecule has 6 nitrogen and oxygen atoms in total. The Hall–Kier alpha value is -2.35. The van der Waals surface area contributed by atoms with Crippen molar-refractivity contribution in [2.45, 2.75) is 26.2 Å². The molecule has 1 aliphatic heterocycles. The molecule has 1 saturated heterocycles. The Morgan fingerprint density at radius 3 is 2.54 bits per heavy atom. The summed E-state index contributed by atoms with van der Waals surface area (Å²) < 4.78 is 4.83. The van der Waals surface area contributed by atoms with Gasteiger partial charge in [0.2, 0.25) is 0 Å². The van der Waals surface area contributed by atoms with Gasteiger partial charge in [0.1, 0.15) is 0 Å². The minimum absolute atomic E-state index is 0.331. The van der Waals surface area contributed by atoms with E-state index in [1.54, 1.807) is 12.4 Å². The van der Waals surface area contributed by atoms with Crippen LogP contribution in [-0.2, 0) is 13.2 Å². The zero-order chi connectivity index (χ0) is 19.5. The molecular weight excluding hydrogens is 368 g/mol. The molecule has 28 heavy (non-hydrogen) atoms. The molecule has 1 aliphatic rings. The van der Waals surface area contributed by atoms with Crippen molar-refractivity contribution in [3.8, 4) is 11.4 Å². The van der Waals surface area contributed by atoms with E-state index in [9.17, 15) is 0 Å². The molecule has 0 saturated carbocycles. The van der Waals surface area contributed by atoms with Crippen LogP contribution in [0.15, 0.2) is 54.9 Å². The average Bonchev–Trinajstić information content (AvgIpc) is 3.06. The molecule has 3 aromatic rings. The summed E-state index contributed by atoms with van der Waals surface area (Å²) in [6, 6.07) is 15.0. The summed E-state index contributed by atoms with van der Waals surface area (Å²) >= 11 is 5.77. The van der Waals surface area contributed by atoms with Crippen molar-refractivity contribution < 1.29 is 0 Å². The minimum atomic E-state index is 0.331. The van der Waals surface area contributed by atoms with E-state index < -0.39 is 0 Å². The number of benzene rings is 1. The minimum Gasteiger partial charge on any atom is -0.303 e. The number of pyridine rings is 1. The van der Waals surface area contributed by atoms with E-state index in [0.29, 0.717) is 12.7 Å². The van der Waals surface area contributed by atoms with Gasteiger partial charge in [0.05, 0.1) is 6.67 Å². The Kier molecular flexibility index (Phi) is 5.66. The molecule has 1 aromatic carbocycles. The molecule has 4 rings (SSSR count). The number of likely N-dealkylation sites (N-methyl/N-ethyl adjacent to an activating group) is 1. The maximum atomic E-state index is 5.77. The molecular formula is C21H26N6S. The number of hydrogen-bond donors (Lipinski definition) is 0. The van der Waals surface area contributed by atoms with Crippen molar-refractivity contribution in [1.29, 1.82) is 0 Å². The lowest BCUT2D eigenvalue weighted by atomic mass is 10.0. The Morgan fingerprint density at radius 1 is 1.07 bits per heavy atom. The van der Waals surface area contributed by atoms with Crippen LogP contribution in [0.5, 0.6) is 0 Å². The standard InChI is InChI=1S/C21H26N6S/c1-3-26-20(18-9-11-22-12-10-18)23-27(21(26)28)16-25-14-13-24(2)15-19(25)17-7-5-4-6-8-17/h4-12,19H,3,13-16H2,1-2H3. The lowest BCUT2D eigenvalue weighted by Crippen LogP contribution is -2.47. The Balaban J connectivity index is 1.66. The van der Waals surface area contributed by atoms with E-state index in [1.807, 2.05) is 16.8 Å². The van der Waals surface area contributed by atoms with Crippen molar-refractivity contribution in [3.63, 3.8) is 0 Å². The number of piperazine rings is 1. The van der Waals surface area contributed by atoms with Gasteiger partial charge in [-0.15, -0.1) is 0 Å². The fourth-order valence-corrected chi connectivity index (χ4v) is 4.14. The first-order chi connectivity index (χ1) is 13.7. The molecule has 0 amide bonds. The topological polar surface area (TPSA) is 42.1 Å². The summed E-state index contributed by atoms with van der Waals surface area (Å²) in [5.41, 5.74) is 2.38.